The van der Waals surface area contributed by atoms with Crippen LogP contribution in [-0.4, -0.2) is 46.4 Å². The average Bonchev–Trinajstić information content (AvgIpc) is 2.44. The zero-order valence-corrected chi connectivity index (χ0v) is 15.3. The molecular formula is C18H25NO6. The number of methoxy groups -OCH3 is 1. The van der Waals surface area contributed by atoms with Crippen LogP contribution in [0, 0.1) is 0 Å². The van der Waals surface area contributed by atoms with Crippen LogP contribution in [0.3, 0.4) is 0 Å². The Morgan fingerprint density at radius 1 is 1.32 bits per heavy atom. The topological polar surface area (TPSA) is 96.3 Å². The number of hydrogen-bond acceptors (Lipinski definition) is 5. The molecule has 1 aromatic carbocycles. The van der Waals surface area contributed by atoms with Crippen LogP contribution < -0.4 is 4.74 Å². The minimum Gasteiger partial charge on any atom is -0.504 e. The van der Waals surface area contributed by atoms with E-state index in [1.807, 2.05) is 0 Å². The predicted molar refractivity (Wildman–Crippen MR) is 90.9 cm³/mol. The lowest BCUT2D eigenvalue weighted by Gasteiger charge is -2.45. The van der Waals surface area contributed by atoms with Crippen molar-refractivity contribution in [3.8, 4) is 11.5 Å². The van der Waals surface area contributed by atoms with E-state index < -0.39 is 23.2 Å². The van der Waals surface area contributed by atoms with Gasteiger partial charge in [0.1, 0.15) is 5.60 Å². The third-order valence-corrected chi connectivity index (χ3v) is 4.29. The fourth-order valence-electron chi connectivity index (χ4n) is 3.20. The number of benzene rings is 1. The van der Waals surface area contributed by atoms with Crippen molar-refractivity contribution < 1.29 is 29.3 Å². The highest BCUT2D eigenvalue weighted by molar-refractivity contribution is 5.75. The third kappa shape index (κ3) is 3.81. The number of aromatic hydroxyl groups is 1. The maximum Gasteiger partial charge on any atom is 0.411 e. The number of phenols is 1. The number of amides is 1. The van der Waals surface area contributed by atoms with Crippen molar-refractivity contribution in [1.82, 2.24) is 4.90 Å². The highest BCUT2D eigenvalue weighted by Crippen LogP contribution is 2.43. The normalized spacial score (nSPS) is 20.0. The number of hydrogen-bond donors (Lipinski definition) is 2. The molecule has 1 aliphatic rings. The molecule has 0 aromatic heterocycles. The first-order valence-electron chi connectivity index (χ1n) is 8.10. The Balaban J connectivity index is 2.52. The number of carbonyl (C=O) groups is 2. The molecule has 0 saturated heterocycles. The van der Waals surface area contributed by atoms with Crippen LogP contribution >= 0.6 is 0 Å². The van der Waals surface area contributed by atoms with Gasteiger partial charge in [0.05, 0.1) is 19.1 Å². The van der Waals surface area contributed by atoms with Crippen molar-refractivity contribution in [3.63, 3.8) is 0 Å². The van der Waals surface area contributed by atoms with Gasteiger partial charge in [-0.15, -0.1) is 0 Å². The van der Waals surface area contributed by atoms with E-state index in [-0.39, 0.29) is 12.2 Å². The number of carboxylic acids is 1. The molecule has 0 bridgehead atoms. The number of fused-ring (bicyclic) bond motifs is 1. The summed E-state index contributed by atoms with van der Waals surface area (Å²) in [5.74, 6) is -0.815. The Morgan fingerprint density at radius 3 is 2.48 bits per heavy atom. The highest BCUT2D eigenvalue weighted by Gasteiger charge is 2.45. The molecule has 0 saturated carbocycles. The van der Waals surface area contributed by atoms with Crippen LogP contribution in [0.5, 0.6) is 11.5 Å². The molecular weight excluding hydrogens is 326 g/mol. The summed E-state index contributed by atoms with van der Waals surface area (Å²) in [6, 6.07) is 3.17. The first-order chi connectivity index (χ1) is 11.5. The van der Waals surface area contributed by atoms with E-state index in [1.165, 1.54) is 18.1 Å². The van der Waals surface area contributed by atoms with Crippen LogP contribution in [0.15, 0.2) is 12.1 Å². The second-order valence-corrected chi connectivity index (χ2v) is 7.41. The highest BCUT2D eigenvalue weighted by atomic mass is 16.6. The molecule has 1 atom stereocenters. The number of phenolic OH excluding ortho intramolecular Hbond substituents is 1. The van der Waals surface area contributed by atoms with Crippen molar-refractivity contribution in [2.24, 2.45) is 0 Å². The molecule has 138 valence electrons. The fraction of sp³-hybridized carbons (Fsp3) is 0.556. The van der Waals surface area contributed by atoms with Crippen molar-refractivity contribution in [3.05, 3.63) is 23.3 Å². The first kappa shape index (κ1) is 18.9. The van der Waals surface area contributed by atoms with Crippen molar-refractivity contribution in [1.29, 1.82) is 0 Å². The summed E-state index contributed by atoms with van der Waals surface area (Å²) in [4.78, 5) is 25.6. The zero-order chi connectivity index (χ0) is 19.0. The minimum atomic E-state index is -1.13. The summed E-state index contributed by atoms with van der Waals surface area (Å²) in [6.45, 7) is 7.27. The summed E-state index contributed by atoms with van der Waals surface area (Å²) in [7, 11) is 1.45. The largest absolute Gasteiger partial charge is 0.504 e. The molecule has 0 fully saturated rings. The monoisotopic (exact) mass is 351 g/mol. The van der Waals surface area contributed by atoms with Crippen LogP contribution in [0.4, 0.5) is 4.79 Å². The predicted octanol–water partition coefficient (Wildman–Crippen LogP) is 2.88. The van der Waals surface area contributed by atoms with Crippen molar-refractivity contribution in [2.75, 3.05) is 13.7 Å². The first-order valence-corrected chi connectivity index (χ1v) is 8.10. The Kier molecular flexibility index (Phi) is 4.88. The van der Waals surface area contributed by atoms with E-state index in [1.54, 1.807) is 33.8 Å². The summed E-state index contributed by atoms with van der Waals surface area (Å²) < 4.78 is 10.6. The smallest absolute Gasteiger partial charge is 0.411 e. The van der Waals surface area contributed by atoms with Gasteiger partial charge in [-0.05, 0) is 57.4 Å². The number of rotatable bonds is 3. The van der Waals surface area contributed by atoms with Gasteiger partial charge in [-0.1, -0.05) is 0 Å². The van der Waals surface area contributed by atoms with Crippen molar-refractivity contribution in [2.45, 2.75) is 51.7 Å². The lowest BCUT2D eigenvalue weighted by atomic mass is 9.79. The molecule has 2 rings (SSSR count). The molecule has 7 nitrogen and oxygen atoms in total. The van der Waals surface area contributed by atoms with Crippen molar-refractivity contribution >= 4 is 12.1 Å². The van der Waals surface area contributed by atoms with E-state index in [0.717, 1.165) is 5.56 Å². The Morgan fingerprint density at radius 2 is 1.96 bits per heavy atom. The van der Waals surface area contributed by atoms with E-state index in [9.17, 15) is 19.8 Å². The second-order valence-electron chi connectivity index (χ2n) is 7.41. The van der Waals surface area contributed by atoms with Gasteiger partial charge in [0.25, 0.3) is 0 Å². The van der Waals surface area contributed by atoms with Gasteiger partial charge in [0.2, 0.25) is 0 Å². The maximum absolute atomic E-state index is 12.7. The van der Waals surface area contributed by atoms with Crippen LogP contribution in [0.2, 0.25) is 0 Å². The molecule has 0 aliphatic carbocycles. The second kappa shape index (κ2) is 6.46. The molecule has 0 radical (unpaired) electrons. The van der Waals surface area contributed by atoms with E-state index in [2.05, 4.69) is 0 Å². The Bertz CT molecular complexity index is 694. The number of ether oxygens (including phenoxy) is 2. The molecule has 7 heteroatoms. The zero-order valence-electron chi connectivity index (χ0n) is 15.3. The number of nitrogens with zero attached hydrogens (tertiary/aromatic N) is 1. The van der Waals surface area contributed by atoms with Gasteiger partial charge < -0.3 is 19.7 Å². The Hall–Kier alpha value is -2.44. The molecule has 0 spiro atoms. The van der Waals surface area contributed by atoms with Crippen LogP contribution in [0.25, 0.3) is 0 Å². The van der Waals surface area contributed by atoms with Crippen LogP contribution in [0.1, 0.15) is 45.2 Å². The summed E-state index contributed by atoms with van der Waals surface area (Å²) in [5, 5.41) is 19.5. The van der Waals surface area contributed by atoms with E-state index in [0.29, 0.717) is 24.3 Å². The summed E-state index contributed by atoms with van der Waals surface area (Å²) in [6.07, 6.45) is -0.358. The molecule has 1 aliphatic heterocycles. The molecule has 25 heavy (non-hydrogen) atoms. The third-order valence-electron chi connectivity index (χ3n) is 4.29. The van der Waals surface area contributed by atoms with Gasteiger partial charge in [0, 0.05) is 6.54 Å². The quantitative estimate of drug-likeness (QED) is 0.869. The lowest BCUT2D eigenvalue weighted by molar-refractivity contribution is -0.140. The average molecular weight is 351 g/mol. The summed E-state index contributed by atoms with van der Waals surface area (Å²) in [5.41, 5.74) is -0.391. The number of carbonyl (C=O) groups excluding carboxylic acids is 1. The Labute approximate surface area is 147 Å². The van der Waals surface area contributed by atoms with Gasteiger partial charge in [-0.25, -0.2) is 4.79 Å². The standard InChI is InChI=1S/C18H25NO6/c1-17(2,3)25-16(23)19-7-6-11-8-14(24-5)13(20)9-12(11)18(19,4)10-15(21)22/h8-9,20H,6-7,10H2,1-5H3,(H,21,22)/t18-/m0/s1. The minimum absolute atomic E-state index is 0.0936. The lowest BCUT2D eigenvalue weighted by Crippen LogP contribution is -2.54. The molecule has 1 heterocycles. The number of aliphatic carboxylic acids is 1. The van der Waals surface area contributed by atoms with E-state index >= 15 is 0 Å². The molecule has 0 unspecified atom stereocenters. The van der Waals surface area contributed by atoms with E-state index in [4.69, 9.17) is 9.47 Å². The molecule has 1 aromatic rings. The number of carboxylic acid groups (broad SMARTS) is 1. The SMILES string of the molecule is COc1cc2c(cc1O)[C@](C)(CC(=O)O)N(C(=O)OC(C)(C)C)CC2. The molecule has 1 amide bonds. The van der Waals surface area contributed by atoms with Gasteiger partial charge in [-0.2, -0.15) is 0 Å². The van der Waals surface area contributed by atoms with Crippen LogP contribution in [-0.2, 0) is 21.5 Å². The molecule has 2 N–H and O–H groups in total. The van der Waals surface area contributed by atoms with Gasteiger partial charge >= 0.3 is 12.1 Å². The maximum atomic E-state index is 12.7. The van der Waals surface area contributed by atoms with Gasteiger partial charge in [-0.3, -0.25) is 9.69 Å². The van der Waals surface area contributed by atoms with Gasteiger partial charge in [0.15, 0.2) is 11.5 Å². The fourth-order valence-corrected chi connectivity index (χ4v) is 3.20. The summed E-state index contributed by atoms with van der Waals surface area (Å²) >= 11 is 0.